The molecule has 0 aliphatic carbocycles. The number of methoxy groups -OCH3 is 2. The number of nitrogens with one attached hydrogen (secondary N) is 1. The molecule has 0 radical (unpaired) electrons. The molecular weight excluding hydrogens is 262 g/mol. The number of rotatable bonds is 6. The van der Waals surface area contributed by atoms with Crippen LogP contribution in [0.25, 0.3) is 0 Å². The molecule has 0 heterocycles. The van der Waals surface area contributed by atoms with Gasteiger partial charge in [0.05, 0.1) is 14.2 Å². The highest BCUT2D eigenvalue weighted by Gasteiger charge is 2.16. The predicted octanol–water partition coefficient (Wildman–Crippen LogP) is 4.12. The van der Waals surface area contributed by atoms with Crippen molar-refractivity contribution in [3.8, 4) is 11.5 Å². The molecule has 2 aromatic rings. The highest BCUT2D eigenvalue weighted by Crippen LogP contribution is 2.29. The van der Waals surface area contributed by atoms with Crippen molar-refractivity contribution in [1.29, 1.82) is 0 Å². The van der Waals surface area contributed by atoms with Crippen LogP contribution in [0.3, 0.4) is 0 Å². The number of hydrogen-bond acceptors (Lipinski definition) is 3. The normalized spacial score (nSPS) is 13.5. The Morgan fingerprint density at radius 1 is 0.714 bits per heavy atom. The summed E-state index contributed by atoms with van der Waals surface area (Å²) >= 11 is 0. The van der Waals surface area contributed by atoms with Gasteiger partial charge in [-0.1, -0.05) is 36.4 Å². The van der Waals surface area contributed by atoms with Crippen LogP contribution in [0.15, 0.2) is 48.5 Å². The lowest BCUT2D eigenvalue weighted by Crippen LogP contribution is -2.23. The third-order valence-electron chi connectivity index (χ3n) is 3.71. The van der Waals surface area contributed by atoms with Crippen LogP contribution < -0.4 is 14.8 Å². The van der Waals surface area contributed by atoms with Gasteiger partial charge in [-0.25, -0.2) is 0 Å². The van der Waals surface area contributed by atoms with Crippen LogP contribution in [0.4, 0.5) is 0 Å². The van der Waals surface area contributed by atoms with Gasteiger partial charge >= 0.3 is 0 Å². The molecule has 0 spiro atoms. The zero-order chi connectivity index (χ0) is 15.2. The Bertz CT molecular complexity index is 531. The second-order valence-corrected chi connectivity index (χ2v) is 5.09. The minimum absolute atomic E-state index is 0.182. The smallest absolute Gasteiger partial charge is 0.123 e. The molecule has 0 bridgehead atoms. The van der Waals surface area contributed by atoms with Gasteiger partial charge in [-0.2, -0.15) is 0 Å². The summed E-state index contributed by atoms with van der Waals surface area (Å²) in [5.74, 6) is 1.81. The van der Waals surface area contributed by atoms with Gasteiger partial charge < -0.3 is 14.8 Å². The van der Waals surface area contributed by atoms with E-state index in [1.807, 2.05) is 36.4 Å². The van der Waals surface area contributed by atoms with Crippen LogP contribution in [-0.2, 0) is 0 Å². The number of benzene rings is 2. The van der Waals surface area contributed by atoms with Crippen molar-refractivity contribution in [1.82, 2.24) is 5.32 Å². The molecule has 0 aromatic heterocycles. The summed E-state index contributed by atoms with van der Waals surface area (Å²) in [6.45, 7) is 4.29. The minimum atomic E-state index is 0.182. The molecule has 21 heavy (non-hydrogen) atoms. The molecular formula is C18H23NO2. The molecule has 2 rings (SSSR count). The SMILES string of the molecule is COc1ccccc1[C@@H](C)N[C@H](C)c1ccccc1OC. The van der Waals surface area contributed by atoms with Crippen molar-refractivity contribution >= 4 is 0 Å². The van der Waals surface area contributed by atoms with Crippen molar-refractivity contribution in [2.24, 2.45) is 0 Å². The van der Waals surface area contributed by atoms with E-state index in [4.69, 9.17) is 9.47 Å². The van der Waals surface area contributed by atoms with Gasteiger partial charge in [-0.05, 0) is 26.0 Å². The largest absolute Gasteiger partial charge is 0.496 e. The molecule has 0 unspecified atom stereocenters. The van der Waals surface area contributed by atoms with Crippen LogP contribution in [0.5, 0.6) is 11.5 Å². The summed E-state index contributed by atoms with van der Waals surface area (Å²) in [6, 6.07) is 16.5. The molecule has 3 heteroatoms. The molecule has 0 aliphatic rings. The van der Waals surface area contributed by atoms with E-state index in [9.17, 15) is 0 Å². The first kappa shape index (κ1) is 15.4. The molecule has 0 amide bonds. The molecule has 1 N–H and O–H groups in total. The first-order valence-corrected chi connectivity index (χ1v) is 7.19. The first-order valence-electron chi connectivity index (χ1n) is 7.19. The maximum absolute atomic E-state index is 5.43. The van der Waals surface area contributed by atoms with E-state index < -0.39 is 0 Å². The molecule has 3 nitrogen and oxygen atoms in total. The summed E-state index contributed by atoms with van der Waals surface area (Å²) in [4.78, 5) is 0. The van der Waals surface area contributed by atoms with Crippen molar-refractivity contribution in [3.05, 3.63) is 59.7 Å². The Labute approximate surface area is 126 Å². The first-order chi connectivity index (χ1) is 10.2. The number of hydrogen-bond donors (Lipinski definition) is 1. The van der Waals surface area contributed by atoms with Gasteiger partial charge in [0.2, 0.25) is 0 Å². The average Bonchev–Trinajstić information content (AvgIpc) is 2.54. The van der Waals surface area contributed by atoms with Crippen molar-refractivity contribution in [2.45, 2.75) is 25.9 Å². The summed E-state index contributed by atoms with van der Waals surface area (Å²) in [5.41, 5.74) is 2.31. The average molecular weight is 285 g/mol. The Balaban J connectivity index is 2.17. The van der Waals surface area contributed by atoms with E-state index in [-0.39, 0.29) is 12.1 Å². The monoisotopic (exact) mass is 285 g/mol. The van der Waals surface area contributed by atoms with Gasteiger partial charge in [0.15, 0.2) is 0 Å². The third kappa shape index (κ3) is 3.56. The Morgan fingerprint density at radius 2 is 1.10 bits per heavy atom. The lowest BCUT2D eigenvalue weighted by atomic mass is 10.0. The maximum Gasteiger partial charge on any atom is 0.123 e. The van der Waals surface area contributed by atoms with E-state index in [1.165, 1.54) is 0 Å². The quantitative estimate of drug-likeness (QED) is 0.866. The zero-order valence-corrected chi connectivity index (χ0v) is 13.1. The van der Waals surface area contributed by atoms with Gasteiger partial charge in [-0.3, -0.25) is 0 Å². The number of ether oxygens (including phenoxy) is 2. The van der Waals surface area contributed by atoms with Crippen LogP contribution in [0.2, 0.25) is 0 Å². The second kappa shape index (κ2) is 7.14. The van der Waals surface area contributed by atoms with Gasteiger partial charge in [-0.15, -0.1) is 0 Å². The fraction of sp³-hybridized carbons (Fsp3) is 0.333. The zero-order valence-electron chi connectivity index (χ0n) is 13.1. The summed E-state index contributed by atoms with van der Waals surface area (Å²) in [7, 11) is 3.41. The molecule has 0 saturated carbocycles. The minimum Gasteiger partial charge on any atom is -0.496 e. The standard InChI is InChI=1S/C18H23NO2/c1-13(15-9-5-7-11-17(15)20-3)19-14(2)16-10-6-8-12-18(16)21-4/h5-14,19H,1-4H3/t13-,14-/m1/s1. The Hall–Kier alpha value is -2.00. The van der Waals surface area contributed by atoms with Crippen LogP contribution in [0, 0.1) is 0 Å². The maximum atomic E-state index is 5.43. The van der Waals surface area contributed by atoms with E-state index in [1.54, 1.807) is 14.2 Å². The van der Waals surface area contributed by atoms with E-state index in [0.29, 0.717) is 0 Å². The fourth-order valence-corrected chi connectivity index (χ4v) is 2.60. The summed E-state index contributed by atoms with van der Waals surface area (Å²) < 4.78 is 10.9. The molecule has 0 saturated heterocycles. The van der Waals surface area contributed by atoms with E-state index in [2.05, 4.69) is 31.3 Å². The lowest BCUT2D eigenvalue weighted by Gasteiger charge is -2.23. The van der Waals surface area contributed by atoms with Crippen molar-refractivity contribution in [3.63, 3.8) is 0 Å². The molecule has 2 atom stereocenters. The van der Waals surface area contributed by atoms with Crippen LogP contribution in [0.1, 0.15) is 37.1 Å². The molecule has 2 aromatic carbocycles. The summed E-state index contributed by atoms with van der Waals surface area (Å²) in [5, 5.41) is 3.60. The van der Waals surface area contributed by atoms with Gasteiger partial charge in [0.25, 0.3) is 0 Å². The van der Waals surface area contributed by atoms with E-state index in [0.717, 1.165) is 22.6 Å². The summed E-state index contributed by atoms with van der Waals surface area (Å²) in [6.07, 6.45) is 0. The number of para-hydroxylation sites is 2. The lowest BCUT2D eigenvalue weighted by molar-refractivity contribution is 0.386. The van der Waals surface area contributed by atoms with Crippen molar-refractivity contribution < 1.29 is 9.47 Å². The topological polar surface area (TPSA) is 30.5 Å². The second-order valence-electron chi connectivity index (χ2n) is 5.09. The van der Waals surface area contributed by atoms with Crippen LogP contribution >= 0.6 is 0 Å². The predicted molar refractivity (Wildman–Crippen MR) is 86.0 cm³/mol. The molecule has 112 valence electrons. The molecule has 0 aliphatic heterocycles. The highest BCUT2D eigenvalue weighted by atomic mass is 16.5. The highest BCUT2D eigenvalue weighted by molar-refractivity contribution is 5.38. The Kier molecular flexibility index (Phi) is 5.23. The fourth-order valence-electron chi connectivity index (χ4n) is 2.60. The Morgan fingerprint density at radius 3 is 1.48 bits per heavy atom. The molecule has 0 fully saturated rings. The van der Waals surface area contributed by atoms with Gasteiger partial charge in [0.1, 0.15) is 11.5 Å². The van der Waals surface area contributed by atoms with Crippen LogP contribution in [-0.4, -0.2) is 14.2 Å². The van der Waals surface area contributed by atoms with Crippen molar-refractivity contribution in [2.75, 3.05) is 14.2 Å². The third-order valence-corrected chi connectivity index (χ3v) is 3.71. The van der Waals surface area contributed by atoms with Gasteiger partial charge in [0, 0.05) is 23.2 Å². The van der Waals surface area contributed by atoms with E-state index >= 15 is 0 Å².